The summed E-state index contributed by atoms with van der Waals surface area (Å²) in [6.45, 7) is 0. The maximum absolute atomic E-state index is 13.3. The van der Waals surface area contributed by atoms with Crippen molar-refractivity contribution < 1.29 is 14.5 Å². The van der Waals surface area contributed by atoms with E-state index in [0.29, 0.717) is 36.2 Å². The number of amides is 1. The molecule has 0 N–H and O–H groups in total. The molecule has 5 rings (SSSR count). The van der Waals surface area contributed by atoms with Crippen molar-refractivity contribution in [3.8, 4) is 0 Å². The van der Waals surface area contributed by atoms with Gasteiger partial charge in [-0.1, -0.05) is 48.5 Å². The van der Waals surface area contributed by atoms with E-state index in [1.807, 2.05) is 36.4 Å². The second-order valence-electron chi connectivity index (χ2n) is 8.01. The van der Waals surface area contributed by atoms with Crippen molar-refractivity contribution in [2.75, 3.05) is 4.90 Å². The molecule has 1 heterocycles. The fourth-order valence-corrected chi connectivity index (χ4v) is 4.75. The molecule has 0 fully saturated rings. The van der Waals surface area contributed by atoms with Gasteiger partial charge in [0.25, 0.3) is 5.69 Å². The lowest BCUT2D eigenvalue weighted by Crippen LogP contribution is -2.40. The van der Waals surface area contributed by atoms with Crippen molar-refractivity contribution in [1.82, 2.24) is 0 Å². The molecule has 1 atom stereocenters. The minimum absolute atomic E-state index is 0.0577. The Morgan fingerprint density at radius 3 is 2.52 bits per heavy atom. The van der Waals surface area contributed by atoms with Gasteiger partial charge in [-0.2, -0.15) is 0 Å². The van der Waals surface area contributed by atoms with Crippen LogP contribution in [0.3, 0.4) is 0 Å². The van der Waals surface area contributed by atoms with Crippen LogP contribution in [0.5, 0.6) is 0 Å². The van der Waals surface area contributed by atoms with Crippen LogP contribution in [0, 0.1) is 10.1 Å². The number of nitrogens with zero attached hydrogens (tertiary/aromatic N) is 2. The Hall–Kier alpha value is -3.80. The number of carbonyl (C=O) groups is 2. The van der Waals surface area contributed by atoms with Crippen molar-refractivity contribution in [2.24, 2.45) is 0 Å². The summed E-state index contributed by atoms with van der Waals surface area (Å²) >= 11 is 0. The quantitative estimate of drug-likeness (QED) is 0.433. The highest BCUT2D eigenvalue weighted by atomic mass is 16.6. The van der Waals surface area contributed by atoms with E-state index in [1.165, 1.54) is 17.0 Å². The van der Waals surface area contributed by atoms with Gasteiger partial charge in [0.1, 0.15) is 0 Å². The van der Waals surface area contributed by atoms with Gasteiger partial charge in [-0.15, -0.1) is 0 Å². The molecular formula is C25H20N2O4. The Balaban J connectivity index is 1.65. The van der Waals surface area contributed by atoms with Crippen LogP contribution in [0.25, 0.3) is 10.8 Å². The van der Waals surface area contributed by atoms with Gasteiger partial charge in [-0.3, -0.25) is 24.6 Å². The number of hydrogen-bond acceptors (Lipinski definition) is 4. The zero-order valence-electron chi connectivity index (χ0n) is 16.8. The van der Waals surface area contributed by atoms with Crippen LogP contribution in [0.15, 0.2) is 78.0 Å². The van der Waals surface area contributed by atoms with Gasteiger partial charge < -0.3 is 0 Å². The average molecular weight is 412 g/mol. The van der Waals surface area contributed by atoms with E-state index >= 15 is 0 Å². The third kappa shape index (κ3) is 3.30. The van der Waals surface area contributed by atoms with E-state index in [9.17, 15) is 19.7 Å². The maximum atomic E-state index is 13.3. The van der Waals surface area contributed by atoms with E-state index in [-0.39, 0.29) is 29.7 Å². The number of allylic oxidation sites excluding steroid dienone is 2. The highest BCUT2D eigenvalue weighted by Crippen LogP contribution is 2.44. The van der Waals surface area contributed by atoms with E-state index in [2.05, 4.69) is 6.07 Å². The molecule has 0 spiro atoms. The smallest absolute Gasteiger partial charge is 0.271 e. The summed E-state index contributed by atoms with van der Waals surface area (Å²) in [6, 6.07) is 20.1. The monoisotopic (exact) mass is 412 g/mol. The van der Waals surface area contributed by atoms with Crippen molar-refractivity contribution in [1.29, 1.82) is 0 Å². The average Bonchev–Trinajstić information content (AvgIpc) is 2.78. The lowest BCUT2D eigenvalue weighted by Gasteiger charge is -2.38. The first kappa shape index (κ1) is 19.2. The summed E-state index contributed by atoms with van der Waals surface area (Å²) in [4.78, 5) is 38.6. The van der Waals surface area contributed by atoms with Crippen LogP contribution < -0.4 is 4.90 Å². The summed E-state index contributed by atoms with van der Waals surface area (Å²) in [5.74, 6) is -0.385. The largest absolute Gasteiger partial charge is 0.294 e. The number of fused-ring (bicyclic) bond motifs is 1. The second-order valence-corrected chi connectivity index (χ2v) is 8.01. The molecule has 31 heavy (non-hydrogen) atoms. The van der Waals surface area contributed by atoms with E-state index in [4.69, 9.17) is 0 Å². The molecule has 6 heteroatoms. The van der Waals surface area contributed by atoms with Crippen LogP contribution in [0.1, 0.15) is 37.2 Å². The number of ketones is 1. The van der Waals surface area contributed by atoms with E-state index < -0.39 is 4.92 Å². The van der Waals surface area contributed by atoms with Crippen LogP contribution in [-0.4, -0.2) is 16.6 Å². The number of Topliss-reactive ketones (excluding diaryl/α,β-unsaturated/α-hetero) is 1. The molecular weight excluding hydrogens is 392 g/mol. The molecule has 6 nitrogen and oxygen atoms in total. The molecule has 0 aromatic heterocycles. The molecule has 0 radical (unpaired) electrons. The van der Waals surface area contributed by atoms with E-state index in [1.54, 1.807) is 12.1 Å². The molecule has 1 unspecified atom stereocenters. The molecule has 3 aromatic rings. The molecule has 1 aliphatic heterocycles. The van der Waals surface area contributed by atoms with Gasteiger partial charge in [-0.25, -0.2) is 0 Å². The van der Waals surface area contributed by atoms with Gasteiger partial charge in [0.15, 0.2) is 5.78 Å². The number of carbonyl (C=O) groups excluding carboxylic acids is 2. The van der Waals surface area contributed by atoms with Gasteiger partial charge in [-0.05, 0) is 35.2 Å². The Bertz CT molecular complexity index is 1280. The molecule has 0 saturated carbocycles. The molecule has 0 bridgehead atoms. The van der Waals surface area contributed by atoms with Crippen LogP contribution in [-0.2, 0) is 9.59 Å². The standard InChI is InChI=1S/C25H20N2O4/c28-23-10-4-9-22-25(23)21(18-12-11-16-5-1-2-6-17(16)13-18)15-24(29)26(22)19-7-3-8-20(14-19)27(30)31/h1-3,5-8,11-14,21H,4,9-10,15H2. The number of nitro benzene ring substituents is 1. The van der Waals surface area contributed by atoms with Crippen molar-refractivity contribution in [2.45, 2.75) is 31.6 Å². The summed E-state index contributed by atoms with van der Waals surface area (Å²) in [6.07, 6.45) is 1.88. The predicted molar refractivity (Wildman–Crippen MR) is 118 cm³/mol. The minimum Gasteiger partial charge on any atom is -0.294 e. The molecule has 0 saturated heterocycles. The second kappa shape index (κ2) is 7.47. The lowest BCUT2D eigenvalue weighted by molar-refractivity contribution is -0.384. The molecule has 154 valence electrons. The normalized spacial score (nSPS) is 19.0. The summed E-state index contributed by atoms with van der Waals surface area (Å²) < 4.78 is 0. The van der Waals surface area contributed by atoms with Crippen molar-refractivity contribution in [3.63, 3.8) is 0 Å². The number of anilines is 1. The molecule has 2 aliphatic rings. The number of benzene rings is 3. The van der Waals surface area contributed by atoms with Gasteiger partial charge in [0.05, 0.1) is 10.6 Å². The topological polar surface area (TPSA) is 80.5 Å². The Morgan fingerprint density at radius 2 is 1.71 bits per heavy atom. The van der Waals surface area contributed by atoms with Gasteiger partial charge in [0.2, 0.25) is 5.91 Å². The third-order valence-corrected chi connectivity index (χ3v) is 6.15. The zero-order chi connectivity index (χ0) is 21.5. The number of hydrogen-bond donors (Lipinski definition) is 0. The fourth-order valence-electron chi connectivity index (χ4n) is 4.75. The summed E-state index contributed by atoms with van der Waals surface area (Å²) in [5, 5.41) is 13.4. The summed E-state index contributed by atoms with van der Waals surface area (Å²) in [5.41, 5.74) is 2.68. The molecule has 1 amide bonds. The maximum Gasteiger partial charge on any atom is 0.271 e. The highest BCUT2D eigenvalue weighted by Gasteiger charge is 2.40. The number of rotatable bonds is 3. The Kier molecular flexibility index (Phi) is 4.62. The van der Waals surface area contributed by atoms with Crippen molar-refractivity contribution in [3.05, 3.63) is 93.7 Å². The highest BCUT2D eigenvalue weighted by molar-refractivity contribution is 6.07. The first-order chi connectivity index (χ1) is 15.0. The Labute approximate surface area is 178 Å². The minimum atomic E-state index is -0.475. The summed E-state index contributed by atoms with van der Waals surface area (Å²) in [7, 11) is 0. The lowest BCUT2D eigenvalue weighted by atomic mass is 9.77. The molecule has 1 aliphatic carbocycles. The molecule has 3 aromatic carbocycles. The first-order valence-corrected chi connectivity index (χ1v) is 10.4. The Morgan fingerprint density at radius 1 is 0.903 bits per heavy atom. The van der Waals surface area contributed by atoms with Crippen LogP contribution in [0.4, 0.5) is 11.4 Å². The number of non-ortho nitro benzene ring substituents is 1. The zero-order valence-corrected chi connectivity index (χ0v) is 16.8. The van der Waals surface area contributed by atoms with Gasteiger partial charge in [0, 0.05) is 42.2 Å². The SMILES string of the molecule is O=C1CCCC2=C1C(c1ccc3ccccc3c1)CC(=O)N2c1cccc([N+](=O)[O-])c1. The number of nitro groups is 1. The van der Waals surface area contributed by atoms with Crippen LogP contribution >= 0.6 is 0 Å². The third-order valence-electron chi connectivity index (χ3n) is 6.15. The first-order valence-electron chi connectivity index (χ1n) is 10.4. The fraction of sp³-hybridized carbons (Fsp3) is 0.200. The van der Waals surface area contributed by atoms with E-state index in [0.717, 1.165) is 16.3 Å². The van der Waals surface area contributed by atoms with Crippen molar-refractivity contribution >= 4 is 33.8 Å². The predicted octanol–water partition coefficient (Wildman–Crippen LogP) is 5.28. The van der Waals surface area contributed by atoms with Crippen LogP contribution in [0.2, 0.25) is 0 Å². The van der Waals surface area contributed by atoms with Gasteiger partial charge >= 0.3 is 0 Å².